The molecule has 0 aromatic rings. The van der Waals surface area contributed by atoms with E-state index in [1.54, 1.807) is 6.92 Å². The zero-order valence-electron chi connectivity index (χ0n) is 17.3. The van der Waals surface area contributed by atoms with E-state index in [2.05, 4.69) is 53.0 Å². The SMILES string of the molecule is CCCC(C)(COC(=O)NCC(=O)OCC)CO[Si](C)(C)C(C)(C)C. The van der Waals surface area contributed by atoms with Crippen molar-refractivity contribution >= 4 is 20.4 Å². The van der Waals surface area contributed by atoms with E-state index < -0.39 is 20.4 Å². The van der Waals surface area contributed by atoms with Gasteiger partial charge in [0, 0.05) is 12.0 Å². The Labute approximate surface area is 154 Å². The maximum atomic E-state index is 11.8. The molecule has 0 fully saturated rings. The van der Waals surface area contributed by atoms with Gasteiger partial charge in [-0.2, -0.15) is 0 Å². The molecule has 0 aliphatic heterocycles. The van der Waals surface area contributed by atoms with Gasteiger partial charge in [0.15, 0.2) is 8.32 Å². The molecule has 0 heterocycles. The number of ether oxygens (including phenoxy) is 2. The van der Waals surface area contributed by atoms with E-state index in [1.165, 1.54) is 0 Å². The molecular formula is C18H37NO5Si. The highest BCUT2D eigenvalue weighted by Crippen LogP contribution is 2.38. The van der Waals surface area contributed by atoms with Gasteiger partial charge in [0.05, 0.1) is 6.61 Å². The van der Waals surface area contributed by atoms with Gasteiger partial charge in [-0.1, -0.05) is 41.0 Å². The van der Waals surface area contributed by atoms with E-state index in [4.69, 9.17) is 13.9 Å². The Bertz CT molecular complexity index is 434. The number of alkyl carbamates (subject to hydrolysis) is 1. The van der Waals surface area contributed by atoms with Gasteiger partial charge < -0.3 is 19.2 Å². The number of rotatable bonds is 10. The Hall–Kier alpha value is -1.08. The molecule has 0 aliphatic carbocycles. The van der Waals surface area contributed by atoms with Crippen molar-refractivity contribution in [2.75, 3.05) is 26.4 Å². The number of carbonyl (C=O) groups excluding carboxylic acids is 2. The lowest BCUT2D eigenvalue weighted by Gasteiger charge is -2.39. The summed E-state index contributed by atoms with van der Waals surface area (Å²) in [5, 5.41) is 2.55. The number of hydrogen-bond acceptors (Lipinski definition) is 5. The molecular weight excluding hydrogens is 338 g/mol. The number of amides is 1. The third-order valence-electron chi connectivity index (χ3n) is 4.68. The fourth-order valence-electron chi connectivity index (χ4n) is 2.01. The van der Waals surface area contributed by atoms with Crippen molar-refractivity contribution in [1.82, 2.24) is 5.32 Å². The van der Waals surface area contributed by atoms with Crippen LogP contribution in [0.15, 0.2) is 0 Å². The first-order valence-electron chi connectivity index (χ1n) is 9.07. The number of esters is 1. The molecule has 1 N–H and O–H groups in total. The second-order valence-electron chi connectivity index (χ2n) is 8.34. The van der Waals surface area contributed by atoms with Crippen LogP contribution in [0.1, 0.15) is 54.4 Å². The van der Waals surface area contributed by atoms with Crippen molar-refractivity contribution in [3.05, 3.63) is 0 Å². The Balaban J connectivity index is 4.56. The zero-order valence-corrected chi connectivity index (χ0v) is 18.3. The van der Waals surface area contributed by atoms with Crippen molar-refractivity contribution in [3.63, 3.8) is 0 Å². The van der Waals surface area contributed by atoms with Crippen LogP contribution in [0, 0.1) is 5.41 Å². The minimum absolute atomic E-state index is 0.137. The molecule has 1 unspecified atom stereocenters. The van der Waals surface area contributed by atoms with E-state index in [-0.39, 0.29) is 30.2 Å². The maximum absolute atomic E-state index is 11.8. The van der Waals surface area contributed by atoms with Gasteiger partial charge in [-0.15, -0.1) is 0 Å². The first-order valence-corrected chi connectivity index (χ1v) is 12.0. The second-order valence-corrected chi connectivity index (χ2v) is 13.2. The number of nitrogens with one attached hydrogen (secondary N) is 1. The third-order valence-corrected chi connectivity index (χ3v) is 9.15. The molecule has 0 radical (unpaired) electrons. The quantitative estimate of drug-likeness (QED) is 0.459. The summed E-state index contributed by atoms with van der Waals surface area (Å²) in [5.41, 5.74) is -0.245. The van der Waals surface area contributed by atoms with E-state index in [0.29, 0.717) is 6.61 Å². The van der Waals surface area contributed by atoms with Crippen molar-refractivity contribution in [2.45, 2.75) is 72.5 Å². The van der Waals surface area contributed by atoms with Crippen LogP contribution in [0.5, 0.6) is 0 Å². The molecule has 0 aromatic heterocycles. The van der Waals surface area contributed by atoms with Crippen LogP contribution in [0.4, 0.5) is 4.79 Å². The Morgan fingerprint density at radius 3 is 2.08 bits per heavy atom. The van der Waals surface area contributed by atoms with E-state index >= 15 is 0 Å². The summed E-state index contributed by atoms with van der Waals surface area (Å²) in [5.74, 6) is -0.475. The molecule has 25 heavy (non-hydrogen) atoms. The molecule has 0 aliphatic rings. The molecule has 7 heteroatoms. The standard InChI is InChI=1S/C18H37NO5Si/c1-9-11-18(6,14-24-25(7,8)17(3,4)5)13-23-16(21)19-12-15(20)22-10-2/h9-14H2,1-8H3,(H,19,21). The van der Waals surface area contributed by atoms with E-state index in [9.17, 15) is 9.59 Å². The first kappa shape index (κ1) is 23.9. The summed E-state index contributed by atoms with van der Waals surface area (Å²) in [6, 6.07) is 0. The van der Waals surface area contributed by atoms with E-state index in [1.807, 2.05) is 0 Å². The van der Waals surface area contributed by atoms with Crippen molar-refractivity contribution in [3.8, 4) is 0 Å². The van der Waals surface area contributed by atoms with Gasteiger partial charge >= 0.3 is 12.1 Å². The Morgan fingerprint density at radius 2 is 1.60 bits per heavy atom. The first-order chi connectivity index (χ1) is 11.4. The third kappa shape index (κ3) is 9.25. The molecule has 1 amide bonds. The molecule has 6 nitrogen and oxygen atoms in total. The lowest BCUT2D eigenvalue weighted by Crippen LogP contribution is -2.45. The topological polar surface area (TPSA) is 73.9 Å². The zero-order chi connectivity index (χ0) is 19.7. The van der Waals surface area contributed by atoms with Crippen LogP contribution in [-0.4, -0.2) is 46.7 Å². The van der Waals surface area contributed by atoms with Crippen molar-refractivity contribution in [1.29, 1.82) is 0 Å². The van der Waals surface area contributed by atoms with Crippen molar-refractivity contribution < 1.29 is 23.5 Å². The minimum atomic E-state index is -1.86. The van der Waals surface area contributed by atoms with Crippen LogP contribution in [0.2, 0.25) is 18.1 Å². The molecule has 0 bridgehead atoms. The minimum Gasteiger partial charge on any atom is -0.465 e. The molecule has 0 saturated heterocycles. The summed E-state index contributed by atoms with van der Waals surface area (Å²) in [6.45, 7) is 17.8. The van der Waals surface area contributed by atoms with Crippen LogP contribution in [-0.2, 0) is 18.7 Å². The van der Waals surface area contributed by atoms with Gasteiger partial charge in [0.1, 0.15) is 13.2 Å². The van der Waals surface area contributed by atoms with Gasteiger partial charge in [-0.25, -0.2) is 4.79 Å². The Kier molecular flexibility index (Phi) is 9.72. The predicted molar refractivity (Wildman–Crippen MR) is 102 cm³/mol. The summed E-state index contributed by atoms with van der Waals surface area (Å²) in [7, 11) is -1.86. The summed E-state index contributed by atoms with van der Waals surface area (Å²) in [4.78, 5) is 23.0. The van der Waals surface area contributed by atoms with Crippen LogP contribution >= 0.6 is 0 Å². The largest absolute Gasteiger partial charge is 0.465 e. The summed E-state index contributed by atoms with van der Waals surface area (Å²) < 4.78 is 16.4. The molecule has 148 valence electrons. The van der Waals surface area contributed by atoms with Crippen LogP contribution < -0.4 is 5.32 Å². The normalized spacial score (nSPS) is 14.6. The number of carbonyl (C=O) groups is 2. The fourth-order valence-corrected chi connectivity index (χ4v) is 3.15. The molecule has 0 spiro atoms. The maximum Gasteiger partial charge on any atom is 0.407 e. The van der Waals surface area contributed by atoms with Gasteiger partial charge in [0.25, 0.3) is 0 Å². The highest BCUT2D eigenvalue weighted by molar-refractivity contribution is 6.74. The molecule has 0 rings (SSSR count). The van der Waals surface area contributed by atoms with Gasteiger partial charge in [-0.3, -0.25) is 4.79 Å². The fraction of sp³-hybridized carbons (Fsp3) is 0.889. The van der Waals surface area contributed by atoms with Crippen LogP contribution in [0.25, 0.3) is 0 Å². The lowest BCUT2D eigenvalue weighted by molar-refractivity contribution is -0.141. The number of hydrogen-bond donors (Lipinski definition) is 1. The second kappa shape index (κ2) is 10.2. The van der Waals surface area contributed by atoms with Gasteiger partial charge in [0.2, 0.25) is 0 Å². The highest BCUT2D eigenvalue weighted by Gasteiger charge is 2.39. The van der Waals surface area contributed by atoms with Crippen LogP contribution in [0.3, 0.4) is 0 Å². The Morgan fingerprint density at radius 1 is 1.00 bits per heavy atom. The lowest BCUT2D eigenvalue weighted by atomic mass is 9.88. The van der Waals surface area contributed by atoms with Gasteiger partial charge in [-0.05, 0) is 31.5 Å². The molecule has 1 atom stereocenters. The predicted octanol–water partition coefficient (Wildman–Crippen LogP) is 4.10. The average molecular weight is 376 g/mol. The summed E-state index contributed by atoms with van der Waals surface area (Å²) >= 11 is 0. The van der Waals surface area contributed by atoms with E-state index in [0.717, 1.165) is 12.8 Å². The highest BCUT2D eigenvalue weighted by atomic mass is 28.4. The van der Waals surface area contributed by atoms with Crippen molar-refractivity contribution in [2.24, 2.45) is 5.41 Å². The average Bonchev–Trinajstić information content (AvgIpc) is 2.49. The molecule has 0 aromatic carbocycles. The monoisotopic (exact) mass is 375 g/mol. The smallest absolute Gasteiger partial charge is 0.407 e. The molecule has 0 saturated carbocycles. The summed E-state index contributed by atoms with van der Waals surface area (Å²) in [6.07, 6.45) is 1.26.